The fourth-order valence-electron chi connectivity index (χ4n) is 4.82. The van der Waals surface area contributed by atoms with Gasteiger partial charge in [-0.2, -0.15) is 0 Å². The quantitative estimate of drug-likeness (QED) is 0.235. The van der Waals surface area contributed by atoms with Crippen molar-refractivity contribution in [2.24, 2.45) is 0 Å². The Bertz CT molecular complexity index is 1470. The summed E-state index contributed by atoms with van der Waals surface area (Å²) < 4.78 is 7.42. The van der Waals surface area contributed by atoms with Crippen molar-refractivity contribution in [3.63, 3.8) is 0 Å². The number of nitrogens with zero attached hydrogens (tertiary/aromatic N) is 3. The van der Waals surface area contributed by atoms with Gasteiger partial charge in [-0.25, -0.2) is 4.98 Å². The predicted octanol–water partition coefficient (Wildman–Crippen LogP) is 4.71. The van der Waals surface area contributed by atoms with E-state index in [0.717, 1.165) is 5.56 Å². The largest absolute Gasteiger partial charge is 0.505 e. The number of hydrogen-bond donors (Lipinski definition) is 1. The van der Waals surface area contributed by atoms with E-state index in [1.165, 1.54) is 0 Å². The molecule has 36 heavy (non-hydrogen) atoms. The third kappa shape index (κ3) is 4.13. The molecule has 0 saturated carbocycles. The predicted molar refractivity (Wildman–Crippen MR) is 137 cm³/mol. The number of ether oxygens (including phenoxy) is 1. The highest BCUT2D eigenvalue weighted by molar-refractivity contribution is 6.46. The summed E-state index contributed by atoms with van der Waals surface area (Å²) in [4.78, 5) is 32.8. The van der Waals surface area contributed by atoms with Gasteiger partial charge in [0.15, 0.2) is 5.76 Å². The summed E-state index contributed by atoms with van der Waals surface area (Å²) in [6.45, 7) is 4.48. The smallest absolute Gasteiger partial charge is 0.295 e. The van der Waals surface area contributed by atoms with Gasteiger partial charge in [0.2, 0.25) is 0 Å². The topological polar surface area (TPSA) is 84.1 Å². The van der Waals surface area contributed by atoms with Gasteiger partial charge >= 0.3 is 0 Å². The minimum Gasteiger partial charge on any atom is -0.505 e. The molecule has 1 N–H and O–H groups in total. The molecule has 0 radical (unpaired) electrons. The first-order chi connectivity index (χ1) is 17.5. The van der Waals surface area contributed by atoms with Gasteiger partial charge in [0, 0.05) is 12.7 Å². The lowest BCUT2D eigenvalue weighted by Crippen LogP contribution is -2.31. The number of aliphatic hydroxyl groups is 1. The molecule has 0 spiro atoms. The minimum absolute atomic E-state index is 0.0514. The normalized spacial score (nSPS) is 17.2. The summed E-state index contributed by atoms with van der Waals surface area (Å²) >= 11 is 0. The molecule has 2 aromatic heterocycles. The zero-order valence-electron chi connectivity index (χ0n) is 20.2. The minimum atomic E-state index is -0.761. The number of aryl methyl sites for hydroxylation is 1. The second-order valence-electron chi connectivity index (χ2n) is 8.71. The van der Waals surface area contributed by atoms with Crippen molar-refractivity contribution in [2.45, 2.75) is 26.3 Å². The van der Waals surface area contributed by atoms with E-state index in [2.05, 4.69) is 4.98 Å². The molecule has 2 aromatic carbocycles. The highest BCUT2D eigenvalue weighted by atomic mass is 16.5. The third-order valence-electron chi connectivity index (χ3n) is 6.44. The summed E-state index contributed by atoms with van der Waals surface area (Å²) in [5.41, 5.74) is 3.41. The fraction of sp³-hybridized carbons (Fsp3) is 0.207. The maximum absolute atomic E-state index is 13.4. The Kier molecular flexibility index (Phi) is 6.29. The number of likely N-dealkylation sites (tertiary alicyclic amines) is 1. The zero-order chi connectivity index (χ0) is 25.2. The van der Waals surface area contributed by atoms with Crippen molar-refractivity contribution in [1.82, 2.24) is 14.3 Å². The Morgan fingerprint density at radius 1 is 1.03 bits per heavy atom. The van der Waals surface area contributed by atoms with Crippen LogP contribution in [0, 0.1) is 6.92 Å². The molecule has 1 aliphatic rings. The number of carbonyl (C=O) groups is 2. The molecule has 182 valence electrons. The van der Waals surface area contributed by atoms with Crippen LogP contribution in [0.1, 0.15) is 35.5 Å². The Labute approximate surface area is 209 Å². The molecule has 5 rings (SSSR count). The number of carbonyl (C=O) groups excluding carboxylic acids is 2. The van der Waals surface area contributed by atoms with Crippen LogP contribution in [0.4, 0.5) is 0 Å². The Morgan fingerprint density at radius 2 is 1.81 bits per heavy atom. The van der Waals surface area contributed by atoms with E-state index < -0.39 is 17.7 Å². The summed E-state index contributed by atoms with van der Waals surface area (Å²) in [7, 11) is 0. The number of benzene rings is 2. The van der Waals surface area contributed by atoms with Crippen LogP contribution in [0.5, 0.6) is 5.75 Å². The van der Waals surface area contributed by atoms with E-state index in [4.69, 9.17) is 4.74 Å². The first-order valence-electron chi connectivity index (χ1n) is 12.0. The highest BCUT2D eigenvalue weighted by Crippen LogP contribution is 2.40. The van der Waals surface area contributed by atoms with E-state index in [1.54, 1.807) is 22.4 Å². The highest BCUT2D eigenvalue weighted by Gasteiger charge is 2.46. The van der Waals surface area contributed by atoms with Crippen molar-refractivity contribution in [2.75, 3.05) is 13.2 Å². The number of aliphatic hydroxyl groups excluding tert-OH is 1. The summed E-state index contributed by atoms with van der Waals surface area (Å²) in [5, 5.41) is 11.6. The summed E-state index contributed by atoms with van der Waals surface area (Å²) in [5.74, 6) is -0.948. The van der Waals surface area contributed by atoms with Crippen molar-refractivity contribution in [3.8, 4) is 5.75 Å². The van der Waals surface area contributed by atoms with Gasteiger partial charge in [0.1, 0.15) is 17.1 Å². The summed E-state index contributed by atoms with van der Waals surface area (Å²) in [6, 6.07) is 21.9. The average Bonchev–Trinajstić information content (AvgIpc) is 3.36. The molecule has 1 atom stereocenters. The number of rotatable bonds is 7. The van der Waals surface area contributed by atoms with Gasteiger partial charge in [0.05, 0.1) is 23.9 Å². The van der Waals surface area contributed by atoms with E-state index in [9.17, 15) is 14.7 Å². The molecular weight excluding hydrogens is 454 g/mol. The first-order valence-corrected chi connectivity index (χ1v) is 12.0. The first kappa shape index (κ1) is 23.4. The molecule has 3 heterocycles. The number of pyridine rings is 1. The van der Waals surface area contributed by atoms with Crippen molar-refractivity contribution < 1.29 is 19.4 Å². The van der Waals surface area contributed by atoms with Gasteiger partial charge in [-0.05, 0) is 55.7 Å². The molecule has 1 fully saturated rings. The van der Waals surface area contributed by atoms with Gasteiger partial charge in [0.25, 0.3) is 11.7 Å². The zero-order valence-corrected chi connectivity index (χ0v) is 20.2. The second-order valence-corrected chi connectivity index (χ2v) is 8.71. The molecule has 7 nitrogen and oxygen atoms in total. The monoisotopic (exact) mass is 481 g/mol. The van der Waals surface area contributed by atoms with Crippen LogP contribution in [-0.4, -0.2) is 44.2 Å². The van der Waals surface area contributed by atoms with Crippen LogP contribution < -0.4 is 4.74 Å². The maximum Gasteiger partial charge on any atom is 0.295 e. The molecule has 7 heteroatoms. The SMILES string of the molecule is CCOc1cccc(C2C(=C(O)c3c(C)nc4ccccn34)C(=O)C(=O)N2CCc2ccccc2)c1. The lowest BCUT2D eigenvalue weighted by atomic mass is 9.96. The van der Waals surface area contributed by atoms with Gasteiger partial charge < -0.3 is 14.7 Å². The van der Waals surface area contributed by atoms with E-state index in [1.807, 2.05) is 79.7 Å². The molecule has 4 aromatic rings. The third-order valence-corrected chi connectivity index (χ3v) is 6.44. The number of amides is 1. The van der Waals surface area contributed by atoms with Crippen LogP contribution in [0.2, 0.25) is 0 Å². The molecular formula is C29H27N3O4. The number of ketones is 1. The molecule has 1 amide bonds. The van der Waals surface area contributed by atoms with Crippen molar-refractivity contribution in [1.29, 1.82) is 0 Å². The number of imidazole rings is 1. The lowest BCUT2D eigenvalue weighted by Gasteiger charge is -2.25. The molecule has 1 saturated heterocycles. The lowest BCUT2D eigenvalue weighted by molar-refractivity contribution is -0.139. The van der Waals surface area contributed by atoms with E-state index >= 15 is 0 Å². The number of fused-ring (bicyclic) bond motifs is 1. The number of hydrogen-bond acceptors (Lipinski definition) is 5. The Hall–Kier alpha value is -4.39. The molecule has 1 aliphatic heterocycles. The average molecular weight is 482 g/mol. The summed E-state index contributed by atoms with van der Waals surface area (Å²) in [6.07, 6.45) is 2.35. The van der Waals surface area contributed by atoms with Crippen LogP contribution in [0.15, 0.2) is 84.6 Å². The Morgan fingerprint density at radius 3 is 2.58 bits per heavy atom. The molecule has 0 bridgehead atoms. The van der Waals surface area contributed by atoms with Crippen molar-refractivity contribution >= 4 is 23.1 Å². The van der Waals surface area contributed by atoms with Crippen LogP contribution in [-0.2, 0) is 16.0 Å². The van der Waals surface area contributed by atoms with E-state index in [0.29, 0.717) is 47.9 Å². The molecule has 1 unspecified atom stereocenters. The fourth-order valence-corrected chi connectivity index (χ4v) is 4.82. The van der Waals surface area contributed by atoms with E-state index in [-0.39, 0.29) is 11.3 Å². The van der Waals surface area contributed by atoms with Gasteiger partial charge in [-0.3, -0.25) is 14.0 Å². The van der Waals surface area contributed by atoms with Crippen LogP contribution >= 0.6 is 0 Å². The van der Waals surface area contributed by atoms with Crippen LogP contribution in [0.25, 0.3) is 11.4 Å². The van der Waals surface area contributed by atoms with Gasteiger partial charge in [-0.1, -0.05) is 48.5 Å². The number of Topliss-reactive ketones (excluding diaryl/α,β-unsaturated/α-hetero) is 1. The molecule has 0 aliphatic carbocycles. The second kappa shape index (κ2) is 9.70. The van der Waals surface area contributed by atoms with Gasteiger partial charge in [-0.15, -0.1) is 0 Å². The standard InChI is InChI=1S/C29H27N3O4/c1-3-36-22-13-9-12-21(18-22)26-24(27(33)25-19(2)30-23-14-7-8-16-31(23)25)28(34)29(35)32(26)17-15-20-10-5-4-6-11-20/h4-14,16,18,26,33H,3,15,17H2,1-2H3. The number of aromatic nitrogens is 2. The maximum atomic E-state index is 13.4. The van der Waals surface area contributed by atoms with Crippen LogP contribution in [0.3, 0.4) is 0 Å². The van der Waals surface area contributed by atoms with Crippen molar-refractivity contribution in [3.05, 3.63) is 107 Å². The Balaban J connectivity index is 1.65.